The van der Waals surface area contributed by atoms with Crippen molar-refractivity contribution in [1.29, 1.82) is 0 Å². The van der Waals surface area contributed by atoms with E-state index in [2.05, 4.69) is 0 Å². The standard InChI is InChI=1S/C45H42N3O12P3/c1-4-16-34(17-5-1)55-47-61-46-63(58-43-25-13-10-22-40(43)52-31-37-28-49-37,59-44-26-14-11-23-41(44)53-32-38-29-50-38,60-45-27-15-12-24-42(45)54-33-39-30-51-39)48(56-35-18-6-2-7-19-35)62(47)57-36-20-8-3-9-21-36/h1-27,37-39H,28-33H2. The zero-order valence-electron chi connectivity index (χ0n) is 33.6. The van der Waals surface area contributed by atoms with Gasteiger partial charge in [-0.1, -0.05) is 0 Å². The minimum atomic E-state index is -5.74. The monoisotopic (exact) mass is 909 g/mol. The zero-order valence-corrected chi connectivity index (χ0v) is 36.3. The van der Waals surface area contributed by atoms with Gasteiger partial charge in [-0.15, -0.1) is 0 Å². The van der Waals surface area contributed by atoms with Crippen LogP contribution in [0.5, 0.6) is 51.7 Å². The van der Waals surface area contributed by atoms with E-state index in [1.165, 1.54) is 4.60 Å². The number of rotatable bonds is 21. The summed E-state index contributed by atoms with van der Waals surface area (Å²) in [6.45, 7) is 2.60. The van der Waals surface area contributed by atoms with E-state index in [-0.39, 0.29) is 63.9 Å². The topological polar surface area (TPSA) is 140 Å². The molecule has 3 saturated heterocycles. The maximum absolute atomic E-state index is 7.50. The van der Waals surface area contributed by atoms with Gasteiger partial charge in [0, 0.05) is 0 Å². The Bertz CT molecular complexity index is 2330. The van der Waals surface area contributed by atoms with Crippen LogP contribution in [0, 0.1) is 0 Å². The van der Waals surface area contributed by atoms with E-state index in [4.69, 9.17) is 60.7 Å². The third kappa shape index (κ3) is 10.1. The number of ether oxygens (including phenoxy) is 6. The Balaban J connectivity index is 1.22. The van der Waals surface area contributed by atoms with Crippen LogP contribution in [0.15, 0.2) is 168 Å². The average Bonchev–Trinajstić information content (AvgIpc) is 4.16. The molecular formula is C45H42N3O12P3. The maximum atomic E-state index is 7.50. The van der Waals surface area contributed by atoms with Crippen molar-refractivity contribution in [2.45, 2.75) is 18.3 Å². The quantitative estimate of drug-likeness (QED) is 0.0500. The zero-order chi connectivity index (χ0) is 42.3. The average molecular weight is 910 g/mol. The van der Waals surface area contributed by atoms with Crippen LogP contribution in [-0.2, 0) is 14.2 Å². The molecule has 4 heterocycles. The van der Waals surface area contributed by atoms with Crippen molar-refractivity contribution in [1.82, 2.24) is 9.21 Å². The molecule has 4 aliphatic heterocycles. The number of hydrogen-bond donors (Lipinski definition) is 0. The molecule has 4 unspecified atom stereocenters. The van der Waals surface area contributed by atoms with Crippen molar-refractivity contribution in [2.24, 2.45) is 4.52 Å². The molecule has 0 aromatic heterocycles. The van der Waals surface area contributed by atoms with Gasteiger partial charge in [0.25, 0.3) is 0 Å². The summed E-state index contributed by atoms with van der Waals surface area (Å²) in [4.78, 5) is 13.7. The Labute approximate surface area is 366 Å². The summed E-state index contributed by atoms with van der Waals surface area (Å²) in [7, 11) is -7.98. The summed E-state index contributed by atoms with van der Waals surface area (Å²) in [5.41, 5.74) is 0. The van der Waals surface area contributed by atoms with Crippen LogP contribution < -0.4 is 42.0 Å². The molecule has 4 atom stereocenters. The molecule has 0 amide bonds. The Hall–Kier alpha value is -5.72. The molecule has 15 nitrogen and oxygen atoms in total. The number of hydrogen-bond acceptors (Lipinski definition) is 15. The van der Waals surface area contributed by atoms with Gasteiger partial charge < -0.3 is 0 Å². The fourth-order valence-corrected chi connectivity index (χ4v) is 13.7. The summed E-state index contributed by atoms with van der Waals surface area (Å²) in [5.74, 6) is 3.15. The van der Waals surface area contributed by atoms with E-state index in [0.29, 0.717) is 54.3 Å². The summed E-state index contributed by atoms with van der Waals surface area (Å²) < 4.78 is 73.6. The molecule has 4 aliphatic rings. The van der Waals surface area contributed by atoms with Gasteiger partial charge in [-0.2, -0.15) is 0 Å². The minimum absolute atomic E-state index is 0.0597. The van der Waals surface area contributed by atoms with Crippen LogP contribution in [0.2, 0.25) is 0 Å². The van der Waals surface area contributed by atoms with E-state index < -0.39 is 16.0 Å². The van der Waals surface area contributed by atoms with Gasteiger partial charge in [0.05, 0.1) is 0 Å². The number of epoxide rings is 3. The summed E-state index contributed by atoms with van der Waals surface area (Å²) >= 11 is 0. The Morgan fingerprint density at radius 1 is 0.476 bits per heavy atom. The predicted octanol–water partition coefficient (Wildman–Crippen LogP) is 10.6. The SMILES string of the molecule is c1ccc(ON2P=NP(Oc3ccccc3OCC3CO3)(Oc3ccccc3OCC3CO3)(Oc3ccccc3OCC3CO3)N(Oc3ccccc3)P2Oc2ccccc2)cc1. The molecule has 3 fully saturated rings. The molecule has 0 saturated carbocycles. The van der Waals surface area contributed by atoms with Crippen molar-refractivity contribution < 1.29 is 56.2 Å². The van der Waals surface area contributed by atoms with Crippen molar-refractivity contribution in [2.75, 3.05) is 39.6 Å². The van der Waals surface area contributed by atoms with E-state index in [9.17, 15) is 0 Å². The van der Waals surface area contributed by atoms with Crippen molar-refractivity contribution in [3.8, 4) is 51.7 Å². The van der Waals surface area contributed by atoms with E-state index >= 15 is 0 Å². The van der Waals surface area contributed by atoms with Crippen molar-refractivity contribution in [3.63, 3.8) is 0 Å². The van der Waals surface area contributed by atoms with Gasteiger partial charge in [-0.25, -0.2) is 0 Å². The first-order valence-corrected chi connectivity index (χ1v) is 24.1. The number of nitrogens with zero attached hydrogens (tertiary/aromatic N) is 3. The van der Waals surface area contributed by atoms with E-state index in [1.807, 2.05) is 115 Å². The Kier molecular flexibility index (Phi) is 12.2. The third-order valence-corrected chi connectivity index (χ3v) is 16.5. The van der Waals surface area contributed by atoms with Gasteiger partial charge in [0.1, 0.15) is 0 Å². The number of para-hydroxylation sites is 9. The second-order valence-electron chi connectivity index (χ2n) is 14.4. The first-order valence-electron chi connectivity index (χ1n) is 20.2. The molecule has 0 spiro atoms. The first-order chi connectivity index (χ1) is 31.1. The molecule has 6 aromatic carbocycles. The van der Waals surface area contributed by atoms with Crippen LogP contribution >= 0.6 is 24.6 Å². The number of benzene rings is 6. The van der Waals surface area contributed by atoms with Crippen LogP contribution in [0.1, 0.15) is 0 Å². The first kappa shape index (κ1) is 41.3. The second kappa shape index (κ2) is 18.6. The van der Waals surface area contributed by atoms with Gasteiger partial charge in [-0.05, 0) is 0 Å². The van der Waals surface area contributed by atoms with Gasteiger partial charge in [0.15, 0.2) is 0 Å². The van der Waals surface area contributed by atoms with Crippen molar-refractivity contribution >= 4 is 24.6 Å². The van der Waals surface area contributed by atoms with Crippen molar-refractivity contribution in [3.05, 3.63) is 164 Å². The molecule has 6 aromatic rings. The molecule has 0 radical (unpaired) electrons. The predicted molar refractivity (Wildman–Crippen MR) is 235 cm³/mol. The van der Waals surface area contributed by atoms with Crippen LogP contribution in [-0.4, -0.2) is 67.2 Å². The Morgan fingerprint density at radius 3 is 1.22 bits per heavy atom. The molecule has 10 rings (SSSR count). The Morgan fingerprint density at radius 2 is 0.825 bits per heavy atom. The van der Waals surface area contributed by atoms with Gasteiger partial charge >= 0.3 is 368 Å². The molecule has 0 aliphatic carbocycles. The third-order valence-electron chi connectivity index (χ3n) is 9.43. The fraction of sp³-hybridized carbons (Fsp3) is 0.200. The van der Waals surface area contributed by atoms with Crippen LogP contribution in [0.4, 0.5) is 0 Å². The van der Waals surface area contributed by atoms with Crippen LogP contribution in [0.25, 0.3) is 0 Å². The molecule has 0 bridgehead atoms. The molecule has 18 heteroatoms. The van der Waals surface area contributed by atoms with Crippen LogP contribution in [0.3, 0.4) is 0 Å². The molecule has 324 valence electrons. The second-order valence-corrected chi connectivity index (χ2v) is 20.2. The molecule has 0 N–H and O–H groups in total. The van der Waals surface area contributed by atoms with E-state index in [1.54, 1.807) is 53.1 Å². The van der Waals surface area contributed by atoms with E-state index in [0.717, 1.165) is 0 Å². The summed E-state index contributed by atoms with van der Waals surface area (Å²) in [6, 6.07) is 49.4. The van der Waals surface area contributed by atoms with Gasteiger partial charge in [-0.3, -0.25) is 0 Å². The molecule has 63 heavy (non-hydrogen) atoms. The fourth-order valence-electron chi connectivity index (χ4n) is 6.01. The summed E-state index contributed by atoms with van der Waals surface area (Å²) in [5, 5.41) is 0. The normalized spacial score (nSPS) is 22.5. The summed E-state index contributed by atoms with van der Waals surface area (Å²) in [6.07, 6.45) is -0.179. The molecular weight excluding hydrogens is 867 g/mol. The van der Waals surface area contributed by atoms with Gasteiger partial charge in [0.2, 0.25) is 0 Å².